The Hall–Kier alpha value is -1.75. The molecule has 0 aliphatic heterocycles. The Kier molecular flexibility index (Phi) is 5.39. The first-order valence-corrected chi connectivity index (χ1v) is 6.64. The maximum absolute atomic E-state index is 11.9. The van der Waals surface area contributed by atoms with Crippen molar-refractivity contribution < 1.29 is 14.6 Å². The van der Waals surface area contributed by atoms with Crippen LogP contribution in [0.15, 0.2) is 18.2 Å². The Balaban J connectivity index is 2.60. The van der Waals surface area contributed by atoms with Gasteiger partial charge >= 0.3 is 0 Å². The van der Waals surface area contributed by atoms with E-state index in [-0.39, 0.29) is 23.2 Å². The second-order valence-electron chi connectivity index (χ2n) is 5.84. The lowest BCUT2D eigenvalue weighted by molar-refractivity contribution is -0.124. The second kappa shape index (κ2) is 6.61. The molecule has 1 unspecified atom stereocenters. The van der Waals surface area contributed by atoms with Crippen molar-refractivity contribution >= 4 is 5.91 Å². The number of benzene rings is 1. The van der Waals surface area contributed by atoms with Crippen LogP contribution in [0.5, 0.6) is 11.5 Å². The number of hydrogen-bond acceptors (Lipinski definition) is 4. The highest BCUT2D eigenvalue weighted by atomic mass is 16.5. The van der Waals surface area contributed by atoms with Gasteiger partial charge < -0.3 is 20.5 Å². The van der Waals surface area contributed by atoms with Crippen molar-refractivity contribution in [2.24, 2.45) is 0 Å². The van der Waals surface area contributed by atoms with E-state index in [2.05, 4.69) is 10.6 Å². The van der Waals surface area contributed by atoms with Gasteiger partial charge in [-0.3, -0.25) is 4.79 Å². The van der Waals surface area contributed by atoms with E-state index in [4.69, 9.17) is 4.74 Å². The van der Waals surface area contributed by atoms with Gasteiger partial charge in [-0.15, -0.1) is 0 Å². The van der Waals surface area contributed by atoms with Crippen molar-refractivity contribution in [3.05, 3.63) is 23.8 Å². The van der Waals surface area contributed by atoms with Crippen molar-refractivity contribution in [3.8, 4) is 11.5 Å². The highest BCUT2D eigenvalue weighted by Gasteiger charge is 2.19. The first kappa shape index (κ1) is 16.3. The highest BCUT2D eigenvalue weighted by molar-refractivity contribution is 5.81. The average Bonchev–Trinajstić information content (AvgIpc) is 2.35. The Morgan fingerprint density at radius 1 is 1.40 bits per heavy atom. The fraction of sp³-hybridized carbons (Fsp3) is 0.533. The number of carbonyl (C=O) groups excluding carboxylic acids is 1. The predicted molar refractivity (Wildman–Crippen MR) is 78.9 cm³/mol. The molecule has 0 aromatic heterocycles. The molecule has 0 aliphatic rings. The lowest BCUT2D eigenvalue weighted by Gasteiger charge is -2.23. The fourth-order valence-electron chi connectivity index (χ4n) is 1.66. The SMILES string of the molecule is COc1ccc(O)c(CNC(C)C(=O)NC(C)(C)C)c1. The van der Waals surface area contributed by atoms with Gasteiger partial charge in [0.15, 0.2) is 0 Å². The summed E-state index contributed by atoms with van der Waals surface area (Å²) in [5, 5.41) is 15.8. The normalized spacial score (nSPS) is 12.8. The quantitative estimate of drug-likeness (QED) is 0.769. The molecule has 112 valence electrons. The van der Waals surface area contributed by atoms with Gasteiger partial charge in [0, 0.05) is 17.6 Å². The molecule has 1 atom stereocenters. The molecule has 0 spiro atoms. The smallest absolute Gasteiger partial charge is 0.237 e. The molecule has 1 rings (SSSR count). The zero-order chi connectivity index (χ0) is 15.3. The number of aromatic hydroxyl groups is 1. The zero-order valence-corrected chi connectivity index (χ0v) is 12.8. The van der Waals surface area contributed by atoms with Crippen LogP contribution < -0.4 is 15.4 Å². The molecule has 20 heavy (non-hydrogen) atoms. The predicted octanol–water partition coefficient (Wildman–Crippen LogP) is 1.79. The molecule has 3 N–H and O–H groups in total. The van der Waals surface area contributed by atoms with Gasteiger partial charge in [0.25, 0.3) is 0 Å². The molecule has 0 heterocycles. The summed E-state index contributed by atoms with van der Waals surface area (Å²) in [7, 11) is 1.57. The molecule has 0 bridgehead atoms. The van der Waals surface area contributed by atoms with E-state index in [0.717, 1.165) is 0 Å². The molecule has 1 aromatic carbocycles. The summed E-state index contributed by atoms with van der Waals surface area (Å²) in [6.07, 6.45) is 0. The monoisotopic (exact) mass is 280 g/mol. The summed E-state index contributed by atoms with van der Waals surface area (Å²) in [6.45, 7) is 7.99. The van der Waals surface area contributed by atoms with E-state index in [1.807, 2.05) is 20.8 Å². The molecule has 0 aliphatic carbocycles. The summed E-state index contributed by atoms with van der Waals surface area (Å²) >= 11 is 0. The standard InChI is InChI=1S/C15H24N2O3/c1-10(14(19)17-15(2,3)4)16-9-11-8-12(20-5)6-7-13(11)18/h6-8,10,16,18H,9H2,1-5H3,(H,17,19). The summed E-state index contributed by atoms with van der Waals surface area (Å²) in [6, 6.07) is 4.67. The van der Waals surface area contributed by atoms with E-state index in [0.29, 0.717) is 17.9 Å². The van der Waals surface area contributed by atoms with Gasteiger partial charge in [-0.25, -0.2) is 0 Å². The highest BCUT2D eigenvalue weighted by Crippen LogP contribution is 2.22. The third kappa shape index (κ3) is 5.09. The Labute approximate surface area is 120 Å². The van der Waals surface area contributed by atoms with Crippen LogP contribution >= 0.6 is 0 Å². The summed E-state index contributed by atoms with van der Waals surface area (Å²) < 4.78 is 5.11. The number of amides is 1. The minimum Gasteiger partial charge on any atom is -0.508 e. The lowest BCUT2D eigenvalue weighted by Crippen LogP contribution is -2.49. The number of nitrogens with one attached hydrogen (secondary N) is 2. The topological polar surface area (TPSA) is 70.6 Å². The fourth-order valence-corrected chi connectivity index (χ4v) is 1.66. The van der Waals surface area contributed by atoms with Crippen LogP contribution in [-0.4, -0.2) is 29.7 Å². The van der Waals surface area contributed by atoms with Crippen molar-refractivity contribution in [2.45, 2.75) is 45.8 Å². The minimum absolute atomic E-state index is 0.0696. The van der Waals surface area contributed by atoms with Crippen molar-refractivity contribution in [1.82, 2.24) is 10.6 Å². The summed E-state index contributed by atoms with van der Waals surface area (Å²) in [5.74, 6) is 0.785. The third-order valence-corrected chi connectivity index (χ3v) is 2.78. The molecule has 0 radical (unpaired) electrons. The number of phenols is 1. The molecule has 5 nitrogen and oxygen atoms in total. The molecular weight excluding hydrogens is 256 g/mol. The third-order valence-electron chi connectivity index (χ3n) is 2.78. The first-order valence-electron chi connectivity index (χ1n) is 6.64. The maximum Gasteiger partial charge on any atom is 0.237 e. The Morgan fingerprint density at radius 2 is 2.05 bits per heavy atom. The van der Waals surface area contributed by atoms with Crippen LogP contribution in [0.4, 0.5) is 0 Å². The van der Waals surface area contributed by atoms with Gasteiger partial charge in [0.2, 0.25) is 5.91 Å². The summed E-state index contributed by atoms with van der Waals surface area (Å²) in [5.41, 5.74) is 0.435. The molecule has 5 heteroatoms. The largest absolute Gasteiger partial charge is 0.508 e. The molecule has 0 fully saturated rings. The number of hydrogen-bond donors (Lipinski definition) is 3. The number of rotatable bonds is 5. The van der Waals surface area contributed by atoms with E-state index in [1.54, 1.807) is 32.2 Å². The number of methoxy groups -OCH3 is 1. The van der Waals surface area contributed by atoms with Gasteiger partial charge in [-0.05, 0) is 45.9 Å². The Morgan fingerprint density at radius 3 is 2.60 bits per heavy atom. The molecule has 0 saturated heterocycles. The molecular formula is C15H24N2O3. The van der Waals surface area contributed by atoms with Gasteiger partial charge in [0.1, 0.15) is 11.5 Å². The van der Waals surface area contributed by atoms with Crippen LogP contribution in [0.3, 0.4) is 0 Å². The first-order chi connectivity index (χ1) is 9.23. The van der Waals surface area contributed by atoms with E-state index >= 15 is 0 Å². The van der Waals surface area contributed by atoms with Crippen molar-refractivity contribution in [3.63, 3.8) is 0 Å². The van der Waals surface area contributed by atoms with Gasteiger partial charge in [-0.1, -0.05) is 0 Å². The lowest BCUT2D eigenvalue weighted by atomic mass is 10.1. The van der Waals surface area contributed by atoms with Crippen LogP contribution in [-0.2, 0) is 11.3 Å². The Bertz CT molecular complexity index is 467. The number of carbonyl (C=O) groups is 1. The second-order valence-corrected chi connectivity index (χ2v) is 5.84. The van der Waals surface area contributed by atoms with Gasteiger partial charge in [0.05, 0.1) is 13.2 Å². The number of ether oxygens (including phenoxy) is 1. The summed E-state index contributed by atoms with van der Waals surface area (Å²) in [4.78, 5) is 11.9. The minimum atomic E-state index is -0.347. The van der Waals surface area contributed by atoms with Crippen molar-refractivity contribution in [2.75, 3.05) is 7.11 Å². The molecule has 1 aromatic rings. The van der Waals surface area contributed by atoms with Crippen LogP contribution in [0.25, 0.3) is 0 Å². The van der Waals surface area contributed by atoms with E-state index in [9.17, 15) is 9.90 Å². The molecule has 0 saturated carbocycles. The van der Waals surface area contributed by atoms with Crippen LogP contribution in [0, 0.1) is 0 Å². The van der Waals surface area contributed by atoms with Gasteiger partial charge in [-0.2, -0.15) is 0 Å². The van der Waals surface area contributed by atoms with Crippen LogP contribution in [0.1, 0.15) is 33.3 Å². The van der Waals surface area contributed by atoms with E-state index < -0.39 is 0 Å². The maximum atomic E-state index is 11.9. The molecule has 1 amide bonds. The zero-order valence-electron chi connectivity index (χ0n) is 12.8. The van der Waals surface area contributed by atoms with E-state index in [1.165, 1.54) is 0 Å². The average molecular weight is 280 g/mol. The van der Waals surface area contributed by atoms with Crippen LogP contribution in [0.2, 0.25) is 0 Å². The van der Waals surface area contributed by atoms with Crippen molar-refractivity contribution in [1.29, 1.82) is 0 Å². The number of phenolic OH excluding ortho intramolecular Hbond substituents is 1.